The maximum atomic E-state index is 11.8. The number of benzene rings is 1. The van der Waals surface area contributed by atoms with E-state index in [1.165, 1.54) is 11.3 Å². The van der Waals surface area contributed by atoms with Crippen molar-refractivity contribution in [1.29, 1.82) is 0 Å². The molecule has 1 aromatic heterocycles. The first-order chi connectivity index (χ1) is 9.20. The minimum Gasteiger partial charge on any atom is -0.321 e. The van der Waals surface area contributed by atoms with Crippen molar-refractivity contribution in [1.82, 2.24) is 4.98 Å². The van der Waals surface area contributed by atoms with Crippen molar-refractivity contribution in [2.75, 3.05) is 0 Å². The zero-order chi connectivity index (χ0) is 13.7. The maximum absolute atomic E-state index is 11.8. The van der Waals surface area contributed by atoms with E-state index in [1.54, 1.807) is 0 Å². The molecule has 0 saturated heterocycles. The summed E-state index contributed by atoms with van der Waals surface area (Å²) in [6, 6.07) is 9.27. The Morgan fingerprint density at radius 2 is 2.16 bits per heavy atom. The molecule has 19 heavy (non-hydrogen) atoms. The molecule has 1 atom stereocenters. The second-order valence-corrected chi connectivity index (χ2v) is 5.09. The lowest BCUT2D eigenvalue weighted by Crippen LogP contribution is -2.31. The standard InChI is InChI=1S/C15H14N2OS/c1-2-6-12(16)14(18)9-15-17-13(10-19-15)11-7-4-3-5-8-11/h1,3-5,7-8,10,12H,6,9,16H2. The molecule has 1 unspecified atom stereocenters. The maximum Gasteiger partial charge on any atom is 0.157 e. The lowest BCUT2D eigenvalue weighted by molar-refractivity contribution is -0.119. The van der Waals surface area contributed by atoms with Crippen LogP contribution in [0.1, 0.15) is 11.4 Å². The zero-order valence-electron chi connectivity index (χ0n) is 10.4. The highest BCUT2D eigenvalue weighted by molar-refractivity contribution is 7.10. The molecule has 1 aromatic carbocycles. The van der Waals surface area contributed by atoms with Crippen LogP contribution in [0.4, 0.5) is 0 Å². The Hall–Kier alpha value is -1.96. The summed E-state index contributed by atoms with van der Waals surface area (Å²) < 4.78 is 0. The summed E-state index contributed by atoms with van der Waals surface area (Å²) in [4.78, 5) is 16.2. The number of ketones is 1. The summed E-state index contributed by atoms with van der Waals surface area (Å²) in [7, 11) is 0. The summed E-state index contributed by atoms with van der Waals surface area (Å²) in [5, 5.41) is 2.72. The van der Waals surface area contributed by atoms with Crippen molar-refractivity contribution < 1.29 is 4.79 Å². The van der Waals surface area contributed by atoms with Crippen LogP contribution in [-0.2, 0) is 11.2 Å². The number of carbonyl (C=O) groups excluding carboxylic acids is 1. The van der Waals surface area contributed by atoms with Gasteiger partial charge in [0.2, 0.25) is 0 Å². The Labute approximate surface area is 116 Å². The molecule has 0 amide bonds. The third-order valence-electron chi connectivity index (χ3n) is 2.70. The summed E-state index contributed by atoms with van der Waals surface area (Å²) >= 11 is 1.47. The van der Waals surface area contributed by atoms with E-state index in [0.717, 1.165) is 16.3 Å². The number of nitrogens with zero attached hydrogens (tertiary/aromatic N) is 1. The van der Waals surface area contributed by atoms with E-state index >= 15 is 0 Å². The van der Waals surface area contributed by atoms with Crippen LogP contribution in [0.5, 0.6) is 0 Å². The van der Waals surface area contributed by atoms with Crippen LogP contribution >= 0.6 is 11.3 Å². The molecule has 0 aliphatic carbocycles. The lowest BCUT2D eigenvalue weighted by atomic mass is 10.1. The van der Waals surface area contributed by atoms with E-state index in [9.17, 15) is 4.79 Å². The van der Waals surface area contributed by atoms with Crippen molar-refractivity contribution in [3.8, 4) is 23.6 Å². The van der Waals surface area contributed by atoms with E-state index in [4.69, 9.17) is 12.2 Å². The number of hydrogen-bond acceptors (Lipinski definition) is 4. The monoisotopic (exact) mass is 270 g/mol. The molecule has 0 fully saturated rings. The average Bonchev–Trinajstić information content (AvgIpc) is 2.88. The third-order valence-corrected chi connectivity index (χ3v) is 3.55. The fourth-order valence-electron chi connectivity index (χ4n) is 1.65. The predicted octanol–water partition coefficient (Wildman–Crippen LogP) is 2.27. The number of hydrogen-bond donors (Lipinski definition) is 1. The van der Waals surface area contributed by atoms with Gasteiger partial charge in [-0.25, -0.2) is 4.98 Å². The second kappa shape index (κ2) is 6.28. The number of rotatable bonds is 5. The van der Waals surface area contributed by atoms with Gasteiger partial charge in [-0.1, -0.05) is 30.3 Å². The molecule has 96 valence electrons. The zero-order valence-corrected chi connectivity index (χ0v) is 11.2. The lowest BCUT2D eigenvalue weighted by Gasteiger charge is -2.04. The highest BCUT2D eigenvalue weighted by Gasteiger charge is 2.15. The molecule has 0 aliphatic rings. The molecule has 0 spiro atoms. The van der Waals surface area contributed by atoms with E-state index < -0.39 is 6.04 Å². The van der Waals surface area contributed by atoms with Crippen molar-refractivity contribution in [3.05, 3.63) is 40.7 Å². The second-order valence-electron chi connectivity index (χ2n) is 4.15. The number of aromatic nitrogens is 1. The van der Waals surface area contributed by atoms with Crippen LogP contribution in [0, 0.1) is 12.3 Å². The van der Waals surface area contributed by atoms with Crippen LogP contribution in [0.15, 0.2) is 35.7 Å². The first kappa shape index (κ1) is 13.5. The molecule has 0 aliphatic heterocycles. The Morgan fingerprint density at radius 3 is 2.84 bits per heavy atom. The first-order valence-corrected chi connectivity index (χ1v) is 6.80. The van der Waals surface area contributed by atoms with Crippen LogP contribution in [0.2, 0.25) is 0 Å². The van der Waals surface area contributed by atoms with Gasteiger partial charge in [-0.3, -0.25) is 4.79 Å². The topological polar surface area (TPSA) is 56.0 Å². The van der Waals surface area contributed by atoms with E-state index in [2.05, 4.69) is 10.9 Å². The predicted molar refractivity (Wildman–Crippen MR) is 77.7 cm³/mol. The minimum atomic E-state index is -0.589. The summed E-state index contributed by atoms with van der Waals surface area (Å²) in [5.74, 6) is 2.34. The summed E-state index contributed by atoms with van der Waals surface area (Å²) in [6.45, 7) is 0. The van der Waals surface area contributed by atoms with Gasteiger partial charge in [-0.15, -0.1) is 23.7 Å². The Balaban J connectivity index is 2.06. The number of nitrogens with two attached hydrogens (primary N) is 1. The average molecular weight is 270 g/mol. The van der Waals surface area contributed by atoms with Gasteiger partial charge in [0.25, 0.3) is 0 Å². The Bertz CT molecular complexity index is 598. The molecule has 1 heterocycles. The molecular formula is C15H14N2OS. The fourth-order valence-corrected chi connectivity index (χ4v) is 2.47. The number of Topliss-reactive ketones (excluding diaryl/α,β-unsaturated/α-hetero) is 1. The van der Waals surface area contributed by atoms with Crippen LogP contribution in [0.25, 0.3) is 11.3 Å². The van der Waals surface area contributed by atoms with Gasteiger partial charge in [-0.05, 0) is 0 Å². The molecule has 0 radical (unpaired) electrons. The molecular weight excluding hydrogens is 256 g/mol. The smallest absolute Gasteiger partial charge is 0.157 e. The van der Waals surface area contributed by atoms with E-state index in [0.29, 0.717) is 0 Å². The molecule has 3 nitrogen and oxygen atoms in total. The van der Waals surface area contributed by atoms with E-state index in [-0.39, 0.29) is 18.6 Å². The molecule has 0 bridgehead atoms. The van der Waals surface area contributed by atoms with Gasteiger partial charge in [0, 0.05) is 17.4 Å². The van der Waals surface area contributed by atoms with Crippen LogP contribution in [0.3, 0.4) is 0 Å². The van der Waals surface area contributed by atoms with Gasteiger partial charge >= 0.3 is 0 Å². The van der Waals surface area contributed by atoms with Gasteiger partial charge in [0.15, 0.2) is 5.78 Å². The van der Waals surface area contributed by atoms with Gasteiger partial charge in [0.1, 0.15) is 5.01 Å². The van der Waals surface area contributed by atoms with Crippen molar-refractivity contribution in [2.45, 2.75) is 18.9 Å². The number of thiazole rings is 1. The normalized spacial score (nSPS) is 11.8. The van der Waals surface area contributed by atoms with Crippen molar-refractivity contribution >= 4 is 17.1 Å². The van der Waals surface area contributed by atoms with Gasteiger partial charge in [0.05, 0.1) is 18.2 Å². The molecule has 4 heteroatoms. The minimum absolute atomic E-state index is 0.0630. The molecule has 2 N–H and O–H groups in total. The molecule has 2 aromatic rings. The van der Waals surface area contributed by atoms with Crippen LogP contribution < -0.4 is 5.73 Å². The van der Waals surface area contributed by atoms with Gasteiger partial charge in [-0.2, -0.15) is 0 Å². The highest BCUT2D eigenvalue weighted by atomic mass is 32.1. The Morgan fingerprint density at radius 1 is 1.42 bits per heavy atom. The van der Waals surface area contributed by atoms with Crippen LogP contribution in [-0.4, -0.2) is 16.8 Å². The number of carbonyl (C=O) groups is 1. The molecule has 0 saturated carbocycles. The highest BCUT2D eigenvalue weighted by Crippen LogP contribution is 2.22. The van der Waals surface area contributed by atoms with Crippen molar-refractivity contribution in [2.24, 2.45) is 5.73 Å². The Kier molecular flexibility index (Phi) is 4.45. The fraction of sp³-hybridized carbons (Fsp3) is 0.200. The SMILES string of the molecule is C#CCC(N)C(=O)Cc1nc(-c2ccccc2)cs1. The largest absolute Gasteiger partial charge is 0.321 e. The third kappa shape index (κ3) is 3.50. The van der Waals surface area contributed by atoms with Crippen molar-refractivity contribution in [3.63, 3.8) is 0 Å². The summed E-state index contributed by atoms with van der Waals surface area (Å²) in [5.41, 5.74) is 7.61. The quantitative estimate of drug-likeness (QED) is 0.848. The van der Waals surface area contributed by atoms with E-state index in [1.807, 2.05) is 35.7 Å². The molecule has 2 rings (SSSR count). The number of terminal acetylenes is 1. The first-order valence-electron chi connectivity index (χ1n) is 5.92. The summed E-state index contributed by atoms with van der Waals surface area (Å²) in [6.07, 6.45) is 5.67. The van der Waals surface area contributed by atoms with Gasteiger partial charge < -0.3 is 5.73 Å².